The maximum absolute atomic E-state index is 11.5. The molecule has 1 N–H and O–H groups in total. The van der Waals surface area contributed by atoms with Crippen molar-refractivity contribution in [3.8, 4) is 0 Å². The van der Waals surface area contributed by atoms with Crippen LogP contribution in [0.15, 0.2) is 0 Å². The van der Waals surface area contributed by atoms with E-state index in [2.05, 4.69) is 5.32 Å². The summed E-state index contributed by atoms with van der Waals surface area (Å²) in [4.78, 5) is 11.5. The fourth-order valence-corrected chi connectivity index (χ4v) is 2.57. The molecule has 1 fully saturated rings. The number of ether oxygens (including phenoxy) is 1. The van der Waals surface area contributed by atoms with E-state index in [1.54, 1.807) is 0 Å². The molecule has 0 heterocycles. The molecule has 0 atom stereocenters. The summed E-state index contributed by atoms with van der Waals surface area (Å²) in [5.41, 5.74) is 0. The van der Waals surface area contributed by atoms with E-state index in [4.69, 9.17) is 4.74 Å². The molecule has 1 amide bonds. The third-order valence-electron chi connectivity index (χ3n) is 3.62. The first-order chi connectivity index (χ1) is 8.68. The van der Waals surface area contributed by atoms with Gasteiger partial charge in [0.2, 0.25) is 5.91 Å². The molecule has 1 saturated carbocycles. The molecule has 0 bridgehead atoms. The Balaban J connectivity index is 1.91. The predicted molar refractivity (Wildman–Crippen MR) is 74.5 cm³/mol. The van der Waals surface area contributed by atoms with Gasteiger partial charge in [-0.15, -0.1) is 0 Å². The molecule has 0 aromatic rings. The molecule has 1 rings (SSSR count). The molecule has 0 aromatic heterocycles. The van der Waals surface area contributed by atoms with Gasteiger partial charge in [0.1, 0.15) is 0 Å². The second-order valence-electron chi connectivity index (χ2n) is 5.67. The Hall–Kier alpha value is -0.570. The van der Waals surface area contributed by atoms with Gasteiger partial charge in [0.25, 0.3) is 0 Å². The van der Waals surface area contributed by atoms with Crippen molar-refractivity contribution in [1.29, 1.82) is 0 Å². The summed E-state index contributed by atoms with van der Waals surface area (Å²) < 4.78 is 5.35. The molecular weight excluding hydrogens is 226 g/mol. The summed E-state index contributed by atoms with van der Waals surface area (Å²) in [7, 11) is 0. The minimum atomic E-state index is 0.124. The molecule has 1 aliphatic carbocycles. The van der Waals surface area contributed by atoms with Crippen LogP contribution in [-0.4, -0.2) is 25.2 Å². The van der Waals surface area contributed by atoms with Crippen LogP contribution in [0.25, 0.3) is 0 Å². The lowest BCUT2D eigenvalue weighted by Crippen LogP contribution is -2.26. The summed E-state index contributed by atoms with van der Waals surface area (Å²) in [5.74, 6) is 1.04. The SMILES string of the molecule is CC(C)OCCC(=O)NCCCC1CCCCC1. The van der Waals surface area contributed by atoms with Gasteiger partial charge in [0.05, 0.1) is 12.7 Å². The molecule has 0 spiro atoms. The molecule has 0 aromatic carbocycles. The lowest BCUT2D eigenvalue weighted by atomic mass is 9.86. The van der Waals surface area contributed by atoms with Crippen LogP contribution in [0.5, 0.6) is 0 Å². The first-order valence-electron chi connectivity index (χ1n) is 7.57. The Labute approximate surface area is 112 Å². The number of nitrogens with one attached hydrogen (secondary N) is 1. The van der Waals surface area contributed by atoms with E-state index in [1.165, 1.54) is 38.5 Å². The second kappa shape index (κ2) is 9.37. The van der Waals surface area contributed by atoms with Crippen molar-refractivity contribution >= 4 is 5.91 Å². The van der Waals surface area contributed by atoms with Crippen molar-refractivity contribution in [1.82, 2.24) is 5.32 Å². The zero-order valence-corrected chi connectivity index (χ0v) is 12.0. The highest BCUT2D eigenvalue weighted by Crippen LogP contribution is 2.26. The van der Waals surface area contributed by atoms with Crippen LogP contribution in [0.3, 0.4) is 0 Å². The monoisotopic (exact) mass is 255 g/mol. The second-order valence-corrected chi connectivity index (χ2v) is 5.67. The number of carbonyl (C=O) groups is 1. The average Bonchev–Trinajstić information content (AvgIpc) is 2.35. The predicted octanol–water partition coefficient (Wildman–Crippen LogP) is 3.28. The zero-order valence-electron chi connectivity index (χ0n) is 12.0. The minimum Gasteiger partial charge on any atom is -0.378 e. The molecule has 106 valence electrons. The Morgan fingerprint density at radius 2 is 2.00 bits per heavy atom. The van der Waals surface area contributed by atoms with E-state index in [1.807, 2.05) is 13.8 Å². The van der Waals surface area contributed by atoms with Crippen LogP contribution in [0.4, 0.5) is 0 Å². The van der Waals surface area contributed by atoms with Gasteiger partial charge in [0, 0.05) is 13.0 Å². The summed E-state index contributed by atoms with van der Waals surface area (Å²) in [6.45, 7) is 5.34. The lowest BCUT2D eigenvalue weighted by Gasteiger charge is -2.21. The molecule has 0 saturated heterocycles. The zero-order chi connectivity index (χ0) is 13.2. The van der Waals surface area contributed by atoms with Gasteiger partial charge >= 0.3 is 0 Å². The van der Waals surface area contributed by atoms with Gasteiger partial charge in [-0.2, -0.15) is 0 Å². The van der Waals surface area contributed by atoms with Crippen molar-refractivity contribution in [3.05, 3.63) is 0 Å². The third kappa shape index (κ3) is 7.70. The largest absolute Gasteiger partial charge is 0.378 e. The number of amides is 1. The maximum Gasteiger partial charge on any atom is 0.222 e. The van der Waals surface area contributed by atoms with Gasteiger partial charge in [-0.25, -0.2) is 0 Å². The number of hydrogen-bond acceptors (Lipinski definition) is 2. The fourth-order valence-electron chi connectivity index (χ4n) is 2.57. The van der Waals surface area contributed by atoms with Gasteiger partial charge in [-0.3, -0.25) is 4.79 Å². The molecule has 0 aliphatic heterocycles. The molecular formula is C15H29NO2. The topological polar surface area (TPSA) is 38.3 Å². The summed E-state index contributed by atoms with van der Waals surface area (Å²) in [5, 5.41) is 2.98. The van der Waals surface area contributed by atoms with Crippen molar-refractivity contribution in [2.45, 2.75) is 71.3 Å². The van der Waals surface area contributed by atoms with Crippen LogP contribution in [0, 0.1) is 5.92 Å². The minimum absolute atomic E-state index is 0.124. The molecule has 1 aliphatic rings. The molecule has 0 unspecified atom stereocenters. The summed E-state index contributed by atoms with van der Waals surface area (Å²) in [6, 6.07) is 0. The van der Waals surface area contributed by atoms with Crippen LogP contribution in [0.1, 0.15) is 65.2 Å². The van der Waals surface area contributed by atoms with Crippen LogP contribution < -0.4 is 5.32 Å². The van der Waals surface area contributed by atoms with E-state index >= 15 is 0 Å². The van der Waals surface area contributed by atoms with Crippen molar-refractivity contribution in [3.63, 3.8) is 0 Å². The lowest BCUT2D eigenvalue weighted by molar-refractivity contribution is -0.122. The van der Waals surface area contributed by atoms with Crippen molar-refractivity contribution in [2.75, 3.05) is 13.2 Å². The molecule has 3 heteroatoms. The number of rotatable bonds is 8. The number of carbonyl (C=O) groups excluding carboxylic acids is 1. The average molecular weight is 255 g/mol. The van der Waals surface area contributed by atoms with Gasteiger partial charge in [0.15, 0.2) is 0 Å². The summed E-state index contributed by atoms with van der Waals surface area (Å²) in [6.07, 6.45) is 10.1. The quantitative estimate of drug-likeness (QED) is 0.676. The van der Waals surface area contributed by atoms with Gasteiger partial charge < -0.3 is 10.1 Å². The first-order valence-corrected chi connectivity index (χ1v) is 7.57. The summed E-state index contributed by atoms with van der Waals surface area (Å²) >= 11 is 0. The first kappa shape index (κ1) is 15.5. The molecule has 18 heavy (non-hydrogen) atoms. The number of hydrogen-bond donors (Lipinski definition) is 1. The van der Waals surface area contributed by atoms with E-state index in [0.29, 0.717) is 13.0 Å². The smallest absolute Gasteiger partial charge is 0.222 e. The highest BCUT2D eigenvalue weighted by Gasteiger charge is 2.12. The Morgan fingerprint density at radius 3 is 2.67 bits per heavy atom. The van der Waals surface area contributed by atoms with E-state index in [-0.39, 0.29) is 12.0 Å². The Kier molecular flexibility index (Phi) is 8.06. The van der Waals surface area contributed by atoms with Gasteiger partial charge in [-0.05, 0) is 32.6 Å². The Morgan fingerprint density at radius 1 is 1.28 bits per heavy atom. The molecule has 3 nitrogen and oxygen atoms in total. The van der Waals surface area contributed by atoms with Gasteiger partial charge in [-0.1, -0.05) is 32.1 Å². The molecule has 0 radical (unpaired) electrons. The van der Waals surface area contributed by atoms with E-state index < -0.39 is 0 Å². The van der Waals surface area contributed by atoms with Crippen LogP contribution in [-0.2, 0) is 9.53 Å². The van der Waals surface area contributed by atoms with E-state index in [9.17, 15) is 4.79 Å². The van der Waals surface area contributed by atoms with Crippen LogP contribution in [0.2, 0.25) is 0 Å². The van der Waals surface area contributed by atoms with Crippen molar-refractivity contribution < 1.29 is 9.53 Å². The van der Waals surface area contributed by atoms with E-state index in [0.717, 1.165) is 18.9 Å². The fraction of sp³-hybridized carbons (Fsp3) is 0.933. The van der Waals surface area contributed by atoms with Crippen molar-refractivity contribution in [2.24, 2.45) is 5.92 Å². The maximum atomic E-state index is 11.5. The third-order valence-corrected chi connectivity index (χ3v) is 3.62. The standard InChI is InChI=1S/C15H29NO2/c1-13(2)18-12-10-15(17)16-11-6-9-14-7-4-3-5-8-14/h13-14H,3-12H2,1-2H3,(H,16,17). The Bertz CT molecular complexity index is 223. The van der Waals surface area contributed by atoms with Crippen LogP contribution >= 0.6 is 0 Å². The highest BCUT2D eigenvalue weighted by molar-refractivity contribution is 5.75. The highest BCUT2D eigenvalue weighted by atomic mass is 16.5. The normalized spacial score (nSPS) is 17.1.